The summed E-state index contributed by atoms with van der Waals surface area (Å²) in [4.78, 5) is 0. The van der Waals surface area contributed by atoms with Crippen LogP contribution in [-0.4, -0.2) is 23.6 Å². The first-order valence-corrected chi connectivity index (χ1v) is 5.64. The average Bonchev–Trinajstić information content (AvgIpc) is 2.10. The summed E-state index contributed by atoms with van der Waals surface area (Å²) in [7, 11) is 0. The molecule has 0 aliphatic heterocycles. The van der Waals surface area contributed by atoms with E-state index in [1.165, 1.54) is 0 Å². The highest BCUT2D eigenvalue weighted by atomic mass is 19.3. The number of aliphatic hydroxyl groups excluding tert-OH is 1. The third kappa shape index (κ3) is 5.23. The van der Waals surface area contributed by atoms with Crippen LogP contribution >= 0.6 is 0 Å². The minimum Gasteiger partial charge on any atom is -0.396 e. The van der Waals surface area contributed by atoms with Crippen molar-refractivity contribution in [3.8, 4) is 0 Å². The Bertz CT molecular complexity index is 191. The van der Waals surface area contributed by atoms with E-state index in [1.54, 1.807) is 0 Å². The van der Waals surface area contributed by atoms with E-state index >= 15 is 0 Å². The average molecular weight is 258 g/mol. The molecule has 0 aromatic rings. The van der Waals surface area contributed by atoms with Gasteiger partial charge >= 0.3 is 0 Å². The Labute approximate surface area is 100 Å². The predicted molar refractivity (Wildman–Crippen MR) is 59.4 cm³/mol. The van der Waals surface area contributed by atoms with Crippen LogP contribution in [0.25, 0.3) is 0 Å². The van der Waals surface area contributed by atoms with Gasteiger partial charge in [-0.25, -0.2) is 17.6 Å². The lowest BCUT2D eigenvalue weighted by Crippen LogP contribution is -2.37. The zero-order valence-corrected chi connectivity index (χ0v) is 9.36. The van der Waals surface area contributed by atoms with Gasteiger partial charge in [-0.1, -0.05) is 20.8 Å². The van der Waals surface area contributed by atoms with Gasteiger partial charge in [0.25, 0.3) is 0 Å². The van der Waals surface area contributed by atoms with E-state index in [-0.39, 0.29) is 45.6 Å². The smallest absolute Gasteiger partial charge is 0.248 e. The fourth-order valence-electron chi connectivity index (χ4n) is 1.99. The van der Waals surface area contributed by atoms with Gasteiger partial charge in [0.05, 0.1) is 0 Å². The molecule has 2 saturated carbocycles. The van der Waals surface area contributed by atoms with E-state index in [0.717, 1.165) is 6.42 Å². The van der Waals surface area contributed by atoms with Gasteiger partial charge in [-0.15, -0.1) is 0 Å². The Morgan fingerprint density at radius 1 is 0.941 bits per heavy atom. The maximum absolute atomic E-state index is 12.0. The van der Waals surface area contributed by atoms with E-state index in [0.29, 0.717) is 5.92 Å². The van der Waals surface area contributed by atoms with Crippen molar-refractivity contribution in [2.24, 2.45) is 11.8 Å². The molecule has 0 spiro atoms. The Balaban J connectivity index is 0.000000284. The van der Waals surface area contributed by atoms with Gasteiger partial charge in [0.15, 0.2) is 0 Å². The zero-order chi connectivity index (χ0) is 12.4. The quantitative estimate of drug-likeness (QED) is 0.739. The van der Waals surface area contributed by atoms with E-state index in [2.05, 4.69) is 0 Å². The molecule has 1 nitrogen and oxygen atoms in total. The molecular formula is C12H22F4O. The second-order valence-corrected chi connectivity index (χ2v) is 4.85. The van der Waals surface area contributed by atoms with Crippen molar-refractivity contribution in [3.63, 3.8) is 0 Å². The van der Waals surface area contributed by atoms with E-state index in [4.69, 9.17) is 5.11 Å². The monoisotopic (exact) mass is 258 g/mol. The van der Waals surface area contributed by atoms with Crippen molar-refractivity contribution in [2.75, 3.05) is 6.61 Å². The SMILES string of the molecule is C.CCC1CC(F)(F)C1.OCC1CC(F)(F)C1. The molecule has 104 valence electrons. The molecule has 0 bridgehead atoms. The lowest BCUT2D eigenvalue weighted by Gasteiger charge is -2.33. The zero-order valence-electron chi connectivity index (χ0n) is 9.36. The molecule has 0 aromatic heterocycles. The highest BCUT2D eigenvalue weighted by molar-refractivity contribution is 4.85. The molecule has 0 unspecified atom stereocenters. The molecule has 0 heterocycles. The van der Waals surface area contributed by atoms with Gasteiger partial charge in [0.1, 0.15) is 0 Å². The molecule has 0 aromatic carbocycles. The lowest BCUT2D eigenvalue weighted by molar-refractivity contribution is -0.121. The van der Waals surface area contributed by atoms with Crippen molar-refractivity contribution in [3.05, 3.63) is 0 Å². The second-order valence-electron chi connectivity index (χ2n) is 4.85. The van der Waals surface area contributed by atoms with Crippen LogP contribution in [0.4, 0.5) is 17.6 Å². The van der Waals surface area contributed by atoms with Crippen LogP contribution in [-0.2, 0) is 0 Å². The molecule has 0 atom stereocenters. The third-order valence-electron chi connectivity index (χ3n) is 3.18. The molecule has 17 heavy (non-hydrogen) atoms. The summed E-state index contributed by atoms with van der Waals surface area (Å²) in [5, 5.41) is 8.28. The van der Waals surface area contributed by atoms with Crippen LogP contribution in [0.5, 0.6) is 0 Å². The van der Waals surface area contributed by atoms with Gasteiger partial charge in [-0.3, -0.25) is 0 Å². The van der Waals surface area contributed by atoms with Gasteiger partial charge in [-0.2, -0.15) is 0 Å². The highest BCUT2D eigenvalue weighted by Crippen LogP contribution is 2.43. The number of rotatable bonds is 2. The molecule has 2 aliphatic carbocycles. The van der Waals surface area contributed by atoms with Crippen molar-refractivity contribution < 1.29 is 22.7 Å². The molecule has 2 rings (SSSR count). The second kappa shape index (κ2) is 6.03. The molecular weight excluding hydrogens is 236 g/mol. The maximum Gasteiger partial charge on any atom is 0.248 e. The predicted octanol–water partition coefficient (Wildman–Crippen LogP) is 4.10. The number of halogens is 4. The molecule has 1 N–H and O–H groups in total. The molecule has 5 heteroatoms. The van der Waals surface area contributed by atoms with Crippen LogP contribution in [0, 0.1) is 11.8 Å². The first kappa shape index (κ1) is 16.7. The molecule has 2 aliphatic rings. The number of alkyl halides is 4. The summed E-state index contributed by atoms with van der Waals surface area (Å²) in [6.45, 7) is 1.87. The van der Waals surface area contributed by atoms with Gasteiger partial charge in [0, 0.05) is 32.3 Å². The Hall–Kier alpha value is -0.320. The first-order valence-electron chi connectivity index (χ1n) is 5.64. The minimum atomic E-state index is -2.46. The van der Waals surface area contributed by atoms with Gasteiger partial charge in [0.2, 0.25) is 11.8 Å². The Morgan fingerprint density at radius 2 is 1.29 bits per heavy atom. The van der Waals surface area contributed by atoms with Crippen molar-refractivity contribution in [2.45, 2.75) is 58.3 Å². The van der Waals surface area contributed by atoms with Crippen LogP contribution in [0.15, 0.2) is 0 Å². The van der Waals surface area contributed by atoms with Crippen molar-refractivity contribution >= 4 is 0 Å². The lowest BCUT2D eigenvalue weighted by atomic mass is 9.80. The number of hydrogen-bond donors (Lipinski definition) is 1. The van der Waals surface area contributed by atoms with Crippen LogP contribution in [0.1, 0.15) is 46.5 Å². The van der Waals surface area contributed by atoms with Gasteiger partial charge in [-0.05, 0) is 11.8 Å². The van der Waals surface area contributed by atoms with Crippen LogP contribution in [0.3, 0.4) is 0 Å². The van der Waals surface area contributed by atoms with Crippen molar-refractivity contribution in [1.82, 2.24) is 0 Å². The topological polar surface area (TPSA) is 20.2 Å². The minimum absolute atomic E-state index is 0. The highest BCUT2D eigenvalue weighted by Gasteiger charge is 2.44. The fraction of sp³-hybridized carbons (Fsp3) is 1.00. The van der Waals surface area contributed by atoms with E-state index in [1.807, 2.05) is 6.92 Å². The third-order valence-corrected chi connectivity index (χ3v) is 3.18. The molecule has 0 amide bonds. The van der Waals surface area contributed by atoms with E-state index in [9.17, 15) is 17.6 Å². The van der Waals surface area contributed by atoms with Gasteiger partial charge < -0.3 is 5.11 Å². The Kier molecular flexibility index (Phi) is 5.91. The summed E-state index contributed by atoms with van der Waals surface area (Å²) < 4.78 is 47.7. The summed E-state index contributed by atoms with van der Waals surface area (Å²) in [5.74, 6) is -4.59. The summed E-state index contributed by atoms with van der Waals surface area (Å²) >= 11 is 0. The first-order chi connectivity index (χ1) is 7.28. The van der Waals surface area contributed by atoms with Crippen LogP contribution in [0.2, 0.25) is 0 Å². The molecule has 0 saturated heterocycles. The van der Waals surface area contributed by atoms with Crippen molar-refractivity contribution in [1.29, 1.82) is 0 Å². The Morgan fingerprint density at radius 3 is 1.41 bits per heavy atom. The normalized spacial score (nSPS) is 25.8. The largest absolute Gasteiger partial charge is 0.396 e. The summed E-state index contributed by atoms with van der Waals surface area (Å²) in [5.41, 5.74) is 0. The van der Waals surface area contributed by atoms with E-state index < -0.39 is 11.8 Å². The summed E-state index contributed by atoms with van der Waals surface area (Å²) in [6.07, 6.45) is 0.926. The number of aliphatic hydroxyl groups is 1. The standard InChI is InChI=1S/C6H10F2.C5H8F2O.CH4/c1-2-5-3-6(7,8)4-5;6-5(7)1-4(2-5)3-8;/h5H,2-4H2,1H3;4,8H,1-3H2;1H4. The molecule has 0 radical (unpaired) electrons. The maximum atomic E-state index is 12.0. The molecule has 2 fully saturated rings. The summed E-state index contributed by atoms with van der Waals surface area (Å²) in [6, 6.07) is 0. The number of hydrogen-bond acceptors (Lipinski definition) is 1. The van der Waals surface area contributed by atoms with Crippen LogP contribution < -0.4 is 0 Å². The fourth-order valence-corrected chi connectivity index (χ4v) is 1.99.